The van der Waals surface area contributed by atoms with E-state index in [1.54, 1.807) is 0 Å². The van der Waals surface area contributed by atoms with Crippen LogP contribution in [0.3, 0.4) is 0 Å². The van der Waals surface area contributed by atoms with Crippen molar-refractivity contribution >= 4 is 33.0 Å². The molecule has 0 fully saturated rings. The number of halogens is 4. The van der Waals surface area contributed by atoms with Gasteiger partial charge in [-0.1, -0.05) is 38.4 Å². The lowest BCUT2D eigenvalue weighted by molar-refractivity contribution is -0.270. The fourth-order valence-corrected chi connectivity index (χ4v) is 5.59. The van der Waals surface area contributed by atoms with Gasteiger partial charge in [0.2, 0.25) is 5.91 Å². The maximum Gasteiger partial charge on any atom is 0.417 e. The second kappa shape index (κ2) is 9.25. The number of hydrogen-bond acceptors (Lipinski definition) is 6. The zero-order valence-corrected chi connectivity index (χ0v) is 21.0. The van der Waals surface area contributed by atoms with Crippen molar-refractivity contribution in [1.82, 2.24) is 4.98 Å². The van der Waals surface area contributed by atoms with E-state index in [-0.39, 0.29) is 33.3 Å². The van der Waals surface area contributed by atoms with Gasteiger partial charge in [0.1, 0.15) is 0 Å². The third-order valence-electron chi connectivity index (χ3n) is 6.31. The van der Waals surface area contributed by atoms with Gasteiger partial charge in [-0.05, 0) is 47.6 Å². The molecule has 1 amide bonds. The number of aromatic nitrogens is 1. The number of rotatable bonds is 8. The van der Waals surface area contributed by atoms with Crippen molar-refractivity contribution in [1.29, 1.82) is 0 Å². The number of carbonyl (C=O) groups excluding carboxylic acids is 1. The minimum atomic E-state index is -4.99. The third-order valence-corrected chi connectivity index (χ3v) is 8.17. The van der Waals surface area contributed by atoms with Crippen LogP contribution in [0.15, 0.2) is 35.5 Å². The summed E-state index contributed by atoms with van der Waals surface area (Å²) in [5.74, 6) is -0.999. The number of alkyl halides is 3. The minimum Gasteiger partial charge on any atom is -0.380 e. The number of aliphatic hydroxyl groups is 1. The second-order valence-corrected chi connectivity index (χ2v) is 12.1. The van der Waals surface area contributed by atoms with Crippen LogP contribution in [-0.4, -0.2) is 48.0 Å². The molecule has 0 aliphatic carbocycles. The largest absolute Gasteiger partial charge is 0.417 e. The standard InChI is InChI=1S/C23H27ClF3N3O4S/c1-4-35(33,34)19-8-13-7-15(30-18(13)11-29-19)10-22(32,23(25,26)27)12-21(2,3)17-6-5-14(24)9-16(17)20(28)31/h5-6,8-9,11,15,30,32H,4,7,10,12H2,1-3H3,(H2,28,31). The molecule has 0 bridgehead atoms. The van der Waals surface area contributed by atoms with Crippen molar-refractivity contribution in [2.75, 3.05) is 11.1 Å². The number of hydrogen-bond donors (Lipinski definition) is 3. The van der Waals surface area contributed by atoms with E-state index >= 15 is 0 Å². The van der Waals surface area contributed by atoms with Crippen LogP contribution < -0.4 is 11.1 Å². The van der Waals surface area contributed by atoms with E-state index < -0.39 is 51.8 Å². The summed E-state index contributed by atoms with van der Waals surface area (Å²) >= 11 is 5.93. The van der Waals surface area contributed by atoms with Gasteiger partial charge in [0.15, 0.2) is 20.5 Å². The van der Waals surface area contributed by atoms with Gasteiger partial charge < -0.3 is 16.2 Å². The van der Waals surface area contributed by atoms with Gasteiger partial charge in [0.25, 0.3) is 0 Å². The Balaban J connectivity index is 1.90. The van der Waals surface area contributed by atoms with E-state index in [1.165, 1.54) is 51.2 Å². The highest BCUT2D eigenvalue weighted by atomic mass is 35.5. The average Bonchev–Trinajstić information content (AvgIpc) is 3.13. The van der Waals surface area contributed by atoms with Gasteiger partial charge in [-0.3, -0.25) is 4.79 Å². The molecule has 0 spiro atoms. The normalized spacial score (nSPS) is 18.0. The topological polar surface area (TPSA) is 122 Å². The number of nitrogens with one attached hydrogen (secondary N) is 1. The Hall–Kier alpha value is -2.37. The van der Waals surface area contributed by atoms with Crippen molar-refractivity contribution in [2.45, 2.75) is 68.3 Å². The lowest BCUT2D eigenvalue weighted by atomic mass is 9.71. The molecular weight excluding hydrogens is 507 g/mol. The summed E-state index contributed by atoms with van der Waals surface area (Å²) in [6.45, 7) is 4.45. The molecule has 1 aliphatic heterocycles. The summed E-state index contributed by atoms with van der Waals surface area (Å²) in [5, 5.41) is 13.9. The molecule has 2 aromatic rings. The van der Waals surface area contributed by atoms with Gasteiger partial charge in [0.05, 0.1) is 17.6 Å². The van der Waals surface area contributed by atoms with E-state index in [0.29, 0.717) is 11.3 Å². The summed E-state index contributed by atoms with van der Waals surface area (Å²) in [6.07, 6.45) is -5.09. The number of sulfone groups is 1. The number of primary amides is 1. The van der Waals surface area contributed by atoms with Gasteiger partial charge in [-0.25, -0.2) is 13.4 Å². The molecule has 35 heavy (non-hydrogen) atoms. The van der Waals surface area contributed by atoms with Gasteiger partial charge in [0, 0.05) is 23.0 Å². The van der Waals surface area contributed by atoms with Crippen LogP contribution in [0.5, 0.6) is 0 Å². The molecule has 3 rings (SSSR count). The number of pyridine rings is 1. The van der Waals surface area contributed by atoms with Gasteiger partial charge in [-0.2, -0.15) is 13.2 Å². The highest BCUT2D eigenvalue weighted by Gasteiger charge is 2.57. The molecule has 1 aliphatic rings. The Labute approximate surface area is 206 Å². The van der Waals surface area contributed by atoms with Crippen LogP contribution in [0.2, 0.25) is 5.02 Å². The zero-order valence-electron chi connectivity index (χ0n) is 19.4. The third kappa shape index (κ3) is 5.57. The molecule has 2 unspecified atom stereocenters. The lowest BCUT2D eigenvalue weighted by Gasteiger charge is -2.39. The molecule has 0 saturated carbocycles. The predicted molar refractivity (Wildman–Crippen MR) is 126 cm³/mol. The van der Waals surface area contributed by atoms with Crippen LogP contribution in [0, 0.1) is 0 Å². The van der Waals surface area contributed by atoms with Crippen molar-refractivity contribution < 1.29 is 31.5 Å². The lowest BCUT2D eigenvalue weighted by Crippen LogP contribution is -2.52. The SMILES string of the molecule is CCS(=O)(=O)c1cc2c(cn1)NC(CC(O)(CC(C)(C)c1ccc(Cl)cc1C(N)=O)C(F)(F)F)C2. The van der Waals surface area contributed by atoms with Crippen molar-refractivity contribution in [3.63, 3.8) is 0 Å². The Morgan fingerprint density at radius 1 is 1.29 bits per heavy atom. The Bertz CT molecular complexity index is 1250. The molecular formula is C23H27ClF3N3O4S. The fourth-order valence-electron chi connectivity index (χ4n) is 4.58. The highest BCUT2D eigenvalue weighted by Crippen LogP contribution is 2.46. The predicted octanol–water partition coefficient (Wildman–Crippen LogP) is 4.02. The smallest absolute Gasteiger partial charge is 0.380 e. The molecule has 4 N–H and O–H groups in total. The van der Waals surface area contributed by atoms with E-state index in [0.717, 1.165) is 0 Å². The number of carbonyl (C=O) groups is 1. The highest BCUT2D eigenvalue weighted by molar-refractivity contribution is 7.91. The van der Waals surface area contributed by atoms with Crippen LogP contribution >= 0.6 is 11.6 Å². The quantitative estimate of drug-likeness (QED) is 0.471. The Morgan fingerprint density at radius 3 is 2.51 bits per heavy atom. The summed E-state index contributed by atoms with van der Waals surface area (Å²) in [6, 6.07) is 4.70. The first-order chi connectivity index (χ1) is 16.0. The van der Waals surface area contributed by atoms with Crippen molar-refractivity contribution in [2.24, 2.45) is 5.73 Å². The number of nitrogens with two attached hydrogens (primary N) is 1. The second-order valence-electron chi connectivity index (χ2n) is 9.48. The Kier molecular flexibility index (Phi) is 7.20. The van der Waals surface area contributed by atoms with Crippen molar-refractivity contribution in [3.8, 4) is 0 Å². The van der Waals surface area contributed by atoms with Crippen LogP contribution in [0.4, 0.5) is 18.9 Å². The number of amides is 1. The molecule has 2 atom stereocenters. The fraction of sp³-hybridized carbons (Fsp3) is 0.478. The Morgan fingerprint density at radius 2 is 1.94 bits per heavy atom. The van der Waals surface area contributed by atoms with Crippen LogP contribution in [-0.2, 0) is 21.7 Å². The first-order valence-corrected chi connectivity index (χ1v) is 12.9. The van der Waals surface area contributed by atoms with E-state index in [1.807, 2.05) is 0 Å². The molecule has 7 nitrogen and oxygen atoms in total. The van der Waals surface area contributed by atoms with Gasteiger partial charge in [-0.15, -0.1) is 0 Å². The van der Waals surface area contributed by atoms with Crippen LogP contribution in [0.1, 0.15) is 55.1 Å². The summed E-state index contributed by atoms with van der Waals surface area (Å²) in [7, 11) is -3.58. The first kappa shape index (κ1) is 27.2. The number of anilines is 1. The van der Waals surface area contributed by atoms with E-state index in [2.05, 4.69) is 10.3 Å². The molecule has 1 aromatic carbocycles. The summed E-state index contributed by atoms with van der Waals surface area (Å²) < 4.78 is 67.0. The maximum atomic E-state index is 14.2. The molecule has 1 aromatic heterocycles. The molecule has 12 heteroatoms. The summed E-state index contributed by atoms with van der Waals surface area (Å²) in [4.78, 5) is 15.8. The zero-order chi connectivity index (χ0) is 26.4. The molecule has 2 heterocycles. The molecule has 0 saturated heterocycles. The maximum absolute atomic E-state index is 14.2. The van der Waals surface area contributed by atoms with Gasteiger partial charge >= 0.3 is 6.18 Å². The number of fused-ring (bicyclic) bond motifs is 1. The monoisotopic (exact) mass is 533 g/mol. The molecule has 192 valence electrons. The first-order valence-electron chi connectivity index (χ1n) is 10.9. The average molecular weight is 534 g/mol. The van der Waals surface area contributed by atoms with E-state index in [9.17, 15) is 31.5 Å². The van der Waals surface area contributed by atoms with Crippen molar-refractivity contribution in [3.05, 3.63) is 52.2 Å². The van der Waals surface area contributed by atoms with Crippen LogP contribution in [0.25, 0.3) is 0 Å². The number of nitrogens with zero attached hydrogens (tertiary/aromatic N) is 1. The summed E-state index contributed by atoms with van der Waals surface area (Å²) in [5.41, 5.74) is 2.13. The van der Waals surface area contributed by atoms with E-state index in [4.69, 9.17) is 17.3 Å². The molecule has 0 radical (unpaired) electrons. The minimum absolute atomic E-state index is 0.0193. The number of benzene rings is 1.